The summed E-state index contributed by atoms with van der Waals surface area (Å²) in [5, 5.41) is 3.10. The van der Waals surface area contributed by atoms with E-state index in [2.05, 4.69) is 5.32 Å². The lowest BCUT2D eigenvalue weighted by Crippen LogP contribution is -2.38. The Balaban J connectivity index is 1.67. The van der Waals surface area contributed by atoms with Crippen molar-refractivity contribution in [2.24, 2.45) is 0 Å². The zero-order valence-electron chi connectivity index (χ0n) is 13.4. The summed E-state index contributed by atoms with van der Waals surface area (Å²) >= 11 is 0. The number of benzene rings is 2. The van der Waals surface area contributed by atoms with Crippen molar-refractivity contribution in [1.29, 1.82) is 0 Å². The van der Waals surface area contributed by atoms with Crippen LogP contribution < -0.4 is 5.32 Å². The van der Waals surface area contributed by atoms with E-state index in [1.54, 1.807) is 12.1 Å². The van der Waals surface area contributed by atoms with E-state index < -0.39 is 0 Å². The van der Waals surface area contributed by atoms with E-state index in [0.29, 0.717) is 0 Å². The fraction of sp³-hybridized carbons (Fsp3) is 0.316. The molecule has 3 atom stereocenters. The standard InChI is InChI=1S/C19H21FN2O/c1-22(2)18(13-7-4-3-5-8-13)19(23)21-17-12-16(17)14-9-6-10-15(20)11-14/h3-11,16-18H,12H2,1-2H3,(H,21,23). The highest BCUT2D eigenvalue weighted by atomic mass is 19.1. The van der Waals surface area contributed by atoms with Crippen LogP contribution in [0.2, 0.25) is 0 Å². The molecule has 0 bridgehead atoms. The molecule has 3 rings (SSSR count). The van der Waals surface area contributed by atoms with Gasteiger partial charge in [0.05, 0.1) is 0 Å². The molecule has 2 aromatic carbocycles. The fourth-order valence-electron chi connectivity index (χ4n) is 3.04. The lowest BCUT2D eigenvalue weighted by atomic mass is 10.1. The molecule has 0 aliphatic heterocycles. The smallest absolute Gasteiger partial charge is 0.242 e. The minimum atomic E-state index is -0.315. The Bertz CT molecular complexity index is 687. The monoisotopic (exact) mass is 312 g/mol. The molecule has 1 aliphatic rings. The molecule has 1 saturated carbocycles. The second kappa shape index (κ2) is 6.50. The van der Waals surface area contributed by atoms with Gasteiger partial charge in [-0.2, -0.15) is 0 Å². The summed E-state index contributed by atoms with van der Waals surface area (Å²) in [6.45, 7) is 0. The van der Waals surface area contributed by atoms with E-state index in [9.17, 15) is 9.18 Å². The maximum Gasteiger partial charge on any atom is 0.242 e. The van der Waals surface area contributed by atoms with Crippen LogP contribution in [-0.4, -0.2) is 30.9 Å². The van der Waals surface area contributed by atoms with Crippen molar-refractivity contribution in [3.63, 3.8) is 0 Å². The molecule has 0 heterocycles. The molecule has 23 heavy (non-hydrogen) atoms. The summed E-state index contributed by atoms with van der Waals surface area (Å²) in [4.78, 5) is 14.6. The van der Waals surface area contributed by atoms with Gasteiger partial charge in [-0.3, -0.25) is 9.69 Å². The van der Waals surface area contributed by atoms with Crippen LogP contribution in [-0.2, 0) is 4.79 Å². The van der Waals surface area contributed by atoms with Crippen molar-refractivity contribution in [3.8, 4) is 0 Å². The Labute approximate surface area is 136 Å². The highest BCUT2D eigenvalue weighted by Crippen LogP contribution is 2.41. The average Bonchev–Trinajstić information content (AvgIpc) is 3.27. The van der Waals surface area contributed by atoms with Crippen LogP contribution in [0, 0.1) is 5.82 Å². The molecule has 0 spiro atoms. The third-order valence-corrected chi connectivity index (χ3v) is 4.27. The van der Waals surface area contributed by atoms with Crippen LogP contribution in [0.15, 0.2) is 54.6 Å². The van der Waals surface area contributed by atoms with Crippen LogP contribution in [0.5, 0.6) is 0 Å². The van der Waals surface area contributed by atoms with Crippen LogP contribution in [0.25, 0.3) is 0 Å². The van der Waals surface area contributed by atoms with Crippen molar-refractivity contribution < 1.29 is 9.18 Å². The Morgan fingerprint density at radius 2 is 1.91 bits per heavy atom. The molecule has 0 radical (unpaired) electrons. The quantitative estimate of drug-likeness (QED) is 0.920. The fourth-order valence-corrected chi connectivity index (χ4v) is 3.04. The molecule has 3 unspecified atom stereocenters. The molecular formula is C19H21FN2O. The van der Waals surface area contributed by atoms with Crippen LogP contribution in [0.3, 0.4) is 0 Å². The predicted molar refractivity (Wildman–Crippen MR) is 88.6 cm³/mol. The summed E-state index contributed by atoms with van der Waals surface area (Å²) in [5.74, 6) is -0.0201. The molecule has 120 valence electrons. The Kier molecular flexibility index (Phi) is 4.44. The Morgan fingerprint density at radius 1 is 1.17 bits per heavy atom. The van der Waals surface area contributed by atoms with Crippen LogP contribution >= 0.6 is 0 Å². The first-order valence-electron chi connectivity index (χ1n) is 7.83. The highest BCUT2D eigenvalue weighted by Gasteiger charge is 2.41. The Hall–Kier alpha value is -2.20. The van der Waals surface area contributed by atoms with Crippen molar-refractivity contribution in [3.05, 3.63) is 71.5 Å². The summed E-state index contributed by atoms with van der Waals surface area (Å²) in [6, 6.07) is 16.1. The number of nitrogens with one attached hydrogen (secondary N) is 1. The maximum atomic E-state index is 13.3. The van der Waals surface area contributed by atoms with Gasteiger partial charge < -0.3 is 5.32 Å². The zero-order chi connectivity index (χ0) is 16.4. The van der Waals surface area contributed by atoms with Gasteiger partial charge in [-0.15, -0.1) is 0 Å². The summed E-state index contributed by atoms with van der Waals surface area (Å²) in [6.07, 6.45) is 0.865. The van der Waals surface area contributed by atoms with Crippen molar-refractivity contribution in [2.45, 2.75) is 24.4 Å². The summed E-state index contributed by atoms with van der Waals surface area (Å²) in [7, 11) is 3.79. The van der Waals surface area contributed by atoms with Gasteiger partial charge in [-0.1, -0.05) is 42.5 Å². The molecule has 1 fully saturated rings. The van der Waals surface area contributed by atoms with E-state index >= 15 is 0 Å². The number of hydrogen-bond donors (Lipinski definition) is 1. The van der Waals surface area contributed by atoms with Gasteiger partial charge in [0.1, 0.15) is 11.9 Å². The molecule has 0 aromatic heterocycles. The molecule has 3 nitrogen and oxygen atoms in total. The van der Waals surface area contributed by atoms with E-state index in [1.165, 1.54) is 6.07 Å². The molecule has 4 heteroatoms. The molecule has 2 aromatic rings. The normalized spacial score (nSPS) is 21.0. The molecule has 1 N–H and O–H groups in total. The lowest BCUT2D eigenvalue weighted by molar-refractivity contribution is -0.125. The Morgan fingerprint density at radius 3 is 2.57 bits per heavy atom. The second-order valence-corrected chi connectivity index (χ2v) is 6.29. The predicted octanol–water partition coefficient (Wildman–Crippen LogP) is 3.10. The third-order valence-electron chi connectivity index (χ3n) is 4.27. The van der Waals surface area contributed by atoms with Crippen molar-refractivity contribution in [2.75, 3.05) is 14.1 Å². The minimum Gasteiger partial charge on any atom is -0.351 e. The van der Waals surface area contributed by atoms with E-state index in [0.717, 1.165) is 17.5 Å². The number of carbonyl (C=O) groups is 1. The minimum absolute atomic E-state index is 0.00916. The first-order valence-corrected chi connectivity index (χ1v) is 7.83. The molecular weight excluding hydrogens is 291 g/mol. The molecule has 1 aliphatic carbocycles. The first-order chi connectivity index (χ1) is 11.1. The van der Waals surface area contributed by atoms with E-state index in [-0.39, 0.29) is 29.7 Å². The number of hydrogen-bond acceptors (Lipinski definition) is 2. The number of carbonyl (C=O) groups excluding carboxylic acids is 1. The largest absolute Gasteiger partial charge is 0.351 e. The lowest BCUT2D eigenvalue weighted by Gasteiger charge is -2.24. The number of likely N-dealkylation sites (N-methyl/N-ethyl adjacent to an activating group) is 1. The molecule has 1 amide bonds. The van der Waals surface area contributed by atoms with Gasteiger partial charge in [-0.05, 0) is 43.8 Å². The van der Waals surface area contributed by atoms with Gasteiger partial charge in [0, 0.05) is 12.0 Å². The first kappa shape index (κ1) is 15.7. The van der Waals surface area contributed by atoms with Crippen LogP contribution in [0.4, 0.5) is 4.39 Å². The summed E-state index contributed by atoms with van der Waals surface area (Å²) < 4.78 is 13.3. The summed E-state index contributed by atoms with van der Waals surface area (Å²) in [5.41, 5.74) is 1.93. The van der Waals surface area contributed by atoms with Crippen molar-refractivity contribution >= 4 is 5.91 Å². The average molecular weight is 312 g/mol. The number of nitrogens with zero attached hydrogens (tertiary/aromatic N) is 1. The van der Waals surface area contributed by atoms with Gasteiger partial charge in [0.2, 0.25) is 5.91 Å². The number of rotatable bonds is 5. The number of halogens is 1. The topological polar surface area (TPSA) is 32.3 Å². The zero-order valence-corrected chi connectivity index (χ0v) is 13.4. The van der Waals surface area contributed by atoms with Crippen molar-refractivity contribution in [1.82, 2.24) is 10.2 Å². The third kappa shape index (κ3) is 3.59. The van der Waals surface area contributed by atoms with Gasteiger partial charge in [0.15, 0.2) is 0 Å². The molecule has 0 saturated heterocycles. The number of amides is 1. The maximum absolute atomic E-state index is 13.3. The van der Waals surface area contributed by atoms with E-state index in [4.69, 9.17) is 0 Å². The van der Waals surface area contributed by atoms with Gasteiger partial charge in [0.25, 0.3) is 0 Å². The van der Waals surface area contributed by atoms with E-state index in [1.807, 2.05) is 55.4 Å². The second-order valence-electron chi connectivity index (χ2n) is 6.29. The van der Waals surface area contributed by atoms with Gasteiger partial charge >= 0.3 is 0 Å². The SMILES string of the molecule is CN(C)C(C(=O)NC1CC1c1cccc(F)c1)c1ccccc1. The highest BCUT2D eigenvalue weighted by molar-refractivity contribution is 5.83. The van der Waals surface area contributed by atoms with Gasteiger partial charge in [-0.25, -0.2) is 4.39 Å². The van der Waals surface area contributed by atoms with Crippen LogP contribution in [0.1, 0.15) is 29.5 Å².